The molecule has 0 saturated heterocycles. The van der Waals surface area contributed by atoms with E-state index < -0.39 is 23.9 Å². The second-order valence-corrected chi connectivity index (χ2v) is 3.30. The van der Waals surface area contributed by atoms with Gasteiger partial charge in [-0.05, 0) is 12.8 Å². The van der Waals surface area contributed by atoms with Gasteiger partial charge in [0.1, 0.15) is 0 Å². The van der Waals surface area contributed by atoms with Crippen molar-refractivity contribution in [3.63, 3.8) is 0 Å². The third-order valence-electron chi connectivity index (χ3n) is 1.65. The number of ketones is 1. The second kappa shape index (κ2) is 4.43. The Hall–Kier alpha value is -1.07. The molecule has 0 fully saturated rings. The van der Waals surface area contributed by atoms with Gasteiger partial charge in [0.2, 0.25) is 0 Å². The molecule has 0 spiro atoms. The Morgan fingerprint density at radius 1 is 1.21 bits per heavy atom. The van der Waals surface area contributed by atoms with Crippen molar-refractivity contribution in [2.75, 3.05) is 0 Å². The lowest BCUT2D eigenvalue weighted by atomic mass is 10.0. The molecule has 0 aromatic carbocycles. The predicted molar refractivity (Wildman–Crippen MR) is 43.5 cm³/mol. The van der Waals surface area contributed by atoms with Gasteiger partial charge in [-0.1, -0.05) is 13.8 Å². The third-order valence-corrected chi connectivity index (χ3v) is 1.65. The minimum Gasteiger partial charge on any atom is -0.338 e. The topological polar surface area (TPSA) is 46.2 Å². The van der Waals surface area contributed by atoms with Crippen LogP contribution in [-0.2, 0) is 9.59 Å². The smallest absolute Gasteiger partial charge is 0.338 e. The van der Waals surface area contributed by atoms with Crippen LogP contribution in [0, 0.1) is 5.92 Å². The highest BCUT2D eigenvalue weighted by Crippen LogP contribution is 2.15. The number of rotatable bonds is 3. The normalized spacial score (nSPS) is 13.9. The van der Waals surface area contributed by atoms with Crippen LogP contribution in [0.15, 0.2) is 0 Å². The first-order chi connectivity index (χ1) is 6.16. The van der Waals surface area contributed by atoms with Crippen LogP contribution in [0.5, 0.6) is 0 Å². The minimum atomic E-state index is -4.94. The number of hydrogen-bond donors (Lipinski definition) is 1. The summed E-state index contributed by atoms with van der Waals surface area (Å²) in [6.07, 6.45) is -4.94. The molecule has 0 radical (unpaired) electrons. The molecule has 1 amide bonds. The number of Topliss-reactive ketones (excluding diaryl/α,β-unsaturated/α-hetero) is 1. The molecule has 0 aliphatic rings. The fourth-order valence-corrected chi connectivity index (χ4v) is 0.961. The van der Waals surface area contributed by atoms with Crippen LogP contribution in [0.1, 0.15) is 20.8 Å². The molecule has 0 rings (SSSR count). The maximum Gasteiger partial charge on any atom is 0.471 e. The van der Waals surface area contributed by atoms with E-state index in [-0.39, 0.29) is 5.92 Å². The molecule has 6 heteroatoms. The van der Waals surface area contributed by atoms with Crippen LogP contribution in [0.25, 0.3) is 0 Å². The average Bonchev–Trinajstić information content (AvgIpc) is 1.96. The molecule has 0 aromatic heterocycles. The van der Waals surface area contributed by atoms with Crippen LogP contribution in [0.4, 0.5) is 13.2 Å². The number of carbonyl (C=O) groups excluding carboxylic acids is 2. The molecule has 0 aliphatic heterocycles. The van der Waals surface area contributed by atoms with E-state index in [0.717, 1.165) is 6.92 Å². The molecule has 0 aliphatic carbocycles. The van der Waals surface area contributed by atoms with Crippen LogP contribution >= 0.6 is 0 Å². The Morgan fingerprint density at radius 2 is 1.64 bits per heavy atom. The summed E-state index contributed by atoms with van der Waals surface area (Å²) in [5.41, 5.74) is 0. The van der Waals surface area contributed by atoms with E-state index in [1.807, 2.05) is 0 Å². The third kappa shape index (κ3) is 3.76. The maximum atomic E-state index is 11.8. The SMILES string of the molecule is CC(=O)[C@@H](NC(=O)C(F)(F)F)C(C)C. The Bertz CT molecular complexity index is 235. The molecule has 82 valence electrons. The monoisotopic (exact) mass is 211 g/mol. The number of amides is 1. The standard InChI is InChI=1S/C8H12F3NO2/c1-4(2)6(5(3)13)12-7(14)8(9,10)11/h4,6H,1-3H3,(H,12,14)/t6-/m0/s1. The lowest BCUT2D eigenvalue weighted by Crippen LogP contribution is -2.48. The summed E-state index contributed by atoms with van der Waals surface area (Å²) in [6.45, 7) is 4.26. The van der Waals surface area contributed by atoms with E-state index in [9.17, 15) is 22.8 Å². The summed E-state index contributed by atoms with van der Waals surface area (Å²) >= 11 is 0. The molecule has 3 nitrogen and oxygen atoms in total. The summed E-state index contributed by atoms with van der Waals surface area (Å²) < 4.78 is 35.4. The molecular weight excluding hydrogens is 199 g/mol. The van der Waals surface area contributed by atoms with Gasteiger partial charge in [-0.25, -0.2) is 0 Å². The number of halogens is 3. The van der Waals surface area contributed by atoms with Crippen molar-refractivity contribution in [1.29, 1.82) is 0 Å². The zero-order valence-corrected chi connectivity index (χ0v) is 8.11. The van der Waals surface area contributed by atoms with Crippen LogP contribution < -0.4 is 5.32 Å². The van der Waals surface area contributed by atoms with Crippen molar-refractivity contribution >= 4 is 11.7 Å². The van der Waals surface area contributed by atoms with Gasteiger partial charge in [0.05, 0.1) is 6.04 Å². The van der Waals surface area contributed by atoms with Crippen LogP contribution in [0.3, 0.4) is 0 Å². The van der Waals surface area contributed by atoms with E-state index in [1.165, 1.54) is 0 Å². The van der Waals surface area contributed by atoms with E-state index in [0.29, 0.717) is 0 Å². The minimum absolute atomic E-state index is 0.362. The van der Waals surface area contributed by atoms with Crippen molar-refractivity contribution < 1.29 is 22.8 Å². The molecule has 0 aromatic rings. The van der Waals surface area contributed by atoms with E-state index in [2.05, 4.69) is 0 Å². The predicted octanol–water partition coefficient (Wildman–Crippen LogP) is 1.28. The molecule has 1 atom stereocenters. The van der Waals surface area contributed by atoms with Crippen molar-refractivity contribution in [1.82, 2.24) is 5.32 Å². The summed E-state index contributed by atoms with van der Waals surface area (Å²) in [7, 11) is 0. The zero-order chi connectivity index (χ0) is 11.5. The van der Waals surface area contributed by atoms with Gasteiger partial charge in [-0.15, -0.1) is 0 Å². The van der Waals surface area contributed by atoms with Gasteiger partial charge in [0, 0.05) is 0 Å². The molecule has 1 N–H and O–H groups in total. The average molecular weight is 211 g/mol. The lowest BCUT2D eigenvalue weighted by molar-refractivity contribution is -0.175. The van der Waals surface area contributed by atoms with Crippen molar-refractivity contribution in [3.8, 4) is 0 Å². The highest BCUT2D eigenvalue weighted by molar-refractivity contribution is 5.89. The summed E-state index contributed by atoms with van der Waals surface area (Å²) in [5, 5.41) is 1.64. The van der Waals surface area contributed by atoms with E-state index in [4.69, 9.17) is 0 Å². The lowest BCUT2D eigenvalue weighted by Gasteiger charge is -2.19. The number of alkyl halides is 3. The highest BCUT2D eigenvalue weighted by atomic mass is 19.4. The zero-order valence-electron chi connectivity index (χ0n) is 8.11. The Morgan fingerprint density at radius 3 is 1.86 bits per heavy atom. The summed E-state index contributed by atoms with van der Waals surface area (Å²) in [6, 6.07) is -1.08. The van der Waals surface area contributed by atoms with Gasteiger partial charge in [0.15, 0.2) is 5.78 Å². The molecule has 0 saturated carbocycles. The summed E-state index contributed by atoms with van der Waals surface area (Å²) in [5.74, 6) is -2.93. The molecule has 0 heterocycles. The van der Waals surface area contributed by atoms with Crippen molar-refractivity contribution in [2.45, 2.75) is 33.0 Å². The van der Waals surface area contributed by atoms with Gasteiger partial charge in [-0.2, -0.15) is 13.2 Å². The van der Waals surface area contributed by atoms with Gasteiger partial charge in [0.25, 0.3) is 0 Å². The first kappa shape index (κ1) is 12.9. The van der Waals surface area contributed by atoms with Gasteiger partial charge < -0.3 is 5.32 Å². The van der Waals surface area contributed by atoms with Crippen LogP contribution in [-0.4, -0.2) is 23.9 Å². The Balaban J connectivity index is 4.48. The van der Waals surface area contributed by atoms with Crippen molar-refractivity contribution in [2.24, 2.45) is 5.92 Å². The number of carbonyl (C=O) groups is 2. The number of nitrogens with one attached hydrogen (secondary N) is 1. The number of hydrogen-bond acceptors (Lipinski definition) is 2. The first-order valence-corrected chi connectivity index (χ1v) is 4.04. The summed E-state index contributed by atoms with van der Waals surface area (Å²) in [4.78, 5) is 21.4. The fourth-order valence-electron chi connectivity index (χ4n) is 0.961. The Kier molecular flexibility index (Phi) is 4.09. The van der Waals surface area contributed by atoms with E-state index in [1.54, 1.807) is 19.2 Å². The van der Waals surface area contributed by atoms with E-state index >= 15 is 0 Å². The first-order valence-electron chi connectivity index (χ1n) is 4.04. The van der Waals surface area contributed by atoms with Gasteiger partial charge in [-0.3, -0.25) is 9.59 Å². The maximum absolute atomic E-state index is 11.8. The molecular formula is C8H12F3NO2. The quantitative estimate of drug-likeness (QED) is 0.764. The Labute approximate surface area is 79.7 Å². The highest BCUT2D eigenvalue weighted by Gasteiger charge is 2.40. The van der Waals surface area contributed by atoms with Gasteiger partial charge >= 0.3 is 12.1 Å². The molecule has 0 unspecified atom stereocenters. The van der Waals surface area contributed by atoms with Crippen LogP contribution in [0.2, 0.25) is 0 Å². The molecule has 14 heavy (non-hydrogen) atoms. The van der Waals surface area contributed by atoms with Crippen molar-refractivity contribution in [3.05, 3.63) is 0 Å². The largest absolute Gasteiger partial charge is 0.471 e. The second-order valence-electron chi connectivity index (χ2n) is 3.30. The fraction of sp³-hybridized carbons (Fsp3) is 0.750. The molecule has 0 bridgehead atoms.